The summed E-state index contributed by atoms with van der Waals surface area (Å²) in [6, 6.07) is 7.34. The van der Waals surface area contributed by atoms with Gasteiger partial charge in [-0.05, 0) is 24.6 Å². The van der Waals surface area contributed by atoms with E-state index in [1.54, 1.807) is 0 Å². The highest BCUT2D eigenvalue weighted by atomic mass is 32.1. The summed E-state index contributed by atoms with van der Waals surface area (Å²) < 4.78 is 0. The number of nitrogens with one attached hydrogen (secondary N) is 1. The molecule has 0 aliphatic carbocycles. The van der Waals surface area contributed by atoms with Crippen LogP contribution in [0.25, 0.3) is 0 Å². The van der Waals surface area contributed by atoms with Crippen molar-refractivity contribution in [3.8, 4) is 0 Å². The second-order valence-corrected chi connectivity index (χ2v) is 5.93. The minimum absolute atomic E-state index is 0.0130. The molecule has 0 aromatic heterocycles. The van der Waals surface area contributed by atoms with Gasteiger partial charge in [0.15, 0.2) is 0 Å². The molecule has 0 unspecified atom stereocenters. The van der Waals surface area contributed by atoms with Gasteiger partial charge in [-0.2, -0.15) is 0 Å². The van der Waals surface area contributed by atoms with Crippen molar-refractivity contribution in [3.05, 3.63) is 29.8 Å². The molecule has 0 saturated heterocycles. The third-order valence-electron chi connectivity index (χ3n) is 3.19. The Morgan fingerprint density at radius 1 is 1.38 bits per heavy atom. The van der Waals surface area contributed by atoms with Crippen molar-refractivity contribution < 1.29 is 4.79 Å². The number of hydrogen-bond acceptors (Lipinski definition) is 3. The standard InChI is InChI=1S/C16H25N3OS/c1-4-19(11-12(2)3)10-9-15(20)18-14-8-6-5-7-13(14)16(17)21/h5-8,12H,4,9-11H2,1-3H3,(H2,17,21)(H,18,20). The van der Waals surface area contributed by atoms with Crippen LogP contribution < -0.4 is 11.1 Å². The minimum atomic E-state index is -0.0130. The van der Waals surface area contributed by atoms with Gasteiger partial charge in [0, 0.05) is 25.1 Å². The maximum absolute atomic E-state index is 12.1. The van der Waals surface area contributed by atoms with Gasteiger partial charge in [-0.15, -0.1) is 0 Å². The summed E-state index contributed by atoms with van der Waals surface area (Å²) in [6.07, 6.45) is 0.465. The molecule has 116 valence electrons. The number of anilines is 1. The van der Waals surface area contributed by atoms with Crippen LogP contribution in [-0.2, 0) is 4.79 Å². The van der Waals surface area contributed by atoms with Crippen LogP contribution in [0.15, 0.2) is 24.3 Å². The van der Waals surface area contributed by atoms with Crippen LogP contribution in [0.1, 0.15) is 32.8 Å². The fourth-order valence-electron chi connectivity index (χ4n) is 2.17. The fourth-order valence-corrected chi connectivity index (χ4v) is 2.35. The van der Waals surface area contributed by atoms with E-state index in [2.05, 4.69) is 31.0 Å². The number of para-hydroxylation sites is 1. The van der Waals surface area contributed by atoms with Crippen molar-refractivity contribution in [2.24, 2.45) is 11.7 Å². The summed E-state index contributed by atoms with van der Waals surface area (Å²) in [6.45, 7) is 9.20. The number of rotatable bonds is 8. The van der Waals surface area contributed by atoms with E-state index in [0.29, 0.717) is 28.6 Å². The van der Waals surface area contributed by atoms with Crippen LogP contribution >= 0.6 is 12.2 Å². The van der Waals surface area contributed by atoms with Gasteiger partial charge in [-0.25, -0.2) is 0 Å². The predicted octanol–water partition coefficient (Wildman–Crippen LogP) is 2.63. The molecule has 0 aliphatic rings. The highest BCUT2D eigenvalue weighted by Crippen LogP contribution is 2.15. The normalized spacial score (nSPS) is 10.9. The molecule has 1 rings (SSSR count). The zero-order chi connectivity index (χ0) is 15.8. The number of nitrogens with zero attached hydrogens (tertiary/aromatic N) is 1. The van der Waals surface area contributed by atoms with Gasteiger partial charge >= 0.3 is 0 Å². The SMILES string of the molecule is CCN(CCC(=O)Nc1ccccc1C(N)=S)CC(C)C. The highest BCUT2D eigenvalue weighted by molar-refractivity contribution is 7.80. The van der Waals surface area contributed by atoms with Gasteiger partial charge in [0.05, 0.1) is 5.69 Å². The molecule has 1 amide bonds. The van der Waals surface area contributed by atoms with Crippen LogP contribution in [0.2, 0.25) is 0 Å². The molecule has 4 nitrogen and oxygen atoms in total. The summed E-state index contributed by atoms with van der Waals surface area (Å²) in [5.41, 5.74) is 7.05. The van der Waals surface area contributed by atoms with E-state index >= 15 is 0 Å². The van der Waals surface area contributed by atoms with Crippen LogP contribution in [0.5, 0.6) is 0 Å². The first kappa shape index (κ1) is 17.6. The second-order valence-electron chi connectivity index (χ2n) is 5.50. The van der Waals surface area contributed by atoms with Crippen molar-refractivity contribution in [1.29, 1.82) is 0 Å². The van der Waals surface area contributed by atoms with Crippen molar-refractivity contribution >= 4 is 28.8 Å². The zero-order valence-corrected chi connectivity index (χ0v) is 13.9. The number of carbonyl (C=O) groups is 1. The Bertz CT molecular complexity index is 488. The summed E-state index contributed by atoms with van der Waals surface area (Å²) in [5.74, 6) is 0.587. The lowest BCUT2D eigenvalue weighted by Gasteiger charge is -2.22. The van der Waals surface area contributed by atoms with E-state index in [1.807, 2.05) is 24.3 Å². The number of nitrogens with two attached hydrogens (primary N) is 1. The van der Waals surface area contributed by atoms with Gasteiger partial charge in [-0.3, -0.25) is 4.79 Å². The molecule has 0 spiro atoms. The quantitative estimate of drug-likeness (QED) is 0.725. The molecule has 0 aliphatic heterocycles. The molecule has 3 N–H and O–H groups in total. The topological polar surface area (TPSA) is 58.4 Å². The zero-order valence-electron chi connectivity index (χ0n) is 13.1. The van der Waals surface area contributed by atoms with Gasteiger partial charge in [0.25, 0.3) is 0 Å². The monoisotopic (exact) mass is 307 g/mol. The minimum Gasteiger partial charge on any atom is -0.389 e. The van der Waals surface area contributed by atoms with Gasteiger partial charge in [0.2, 0.25) is 5.91 Å². The van der Waals surface area contributed by atoms with E-state index in [4.69, 9.17) is 18.0 Å². The summed E-state index contributed by atoms with van der Waals surface area (Å²) >= 11 is 4.99. The maximum Gasteiger partial charge on any atom is 0.225 e. The first-order chi connectivity index (χ1) is 9.93. The molecule has 0 fully saturated rings. The van der Waals surface area contributed by atoms with Crippen LogP contribution in [0.3, 0.4) is 0 Å². The van der Waals surface area contributed by atoms with E-state index < -0.39 is 0 Å². The third kappa shape index (κ3) is 6.23. The van der Waals surface area contributed by atoms with Crippen molar-refractivity contribution in [2.75, 3.05) is 25.0 Å². The number of thiocarbonyl (C=S) groups is 1. The Hall–Kier alpha value is -1.46. The summed E-state index contributed by atoms with van der Waals surface area (Å²) in [7, 11) is 0. The van der Waals surface area contributed by atoms with Crippen molar-refractivity contribution in [2.45, 2.75) is 27.2 Å². The maximum atomic E-state index is 12.1. The lowest BCUT2D eigenvalue weighted by Crippen LogP contribution is -2.31. The molecular weight excluding hydrogens is 282 g/mol. The second kappa shape index (κ2) is 8.74. The van der Waals surface area contributed by atoms with Crippen LogP contribution in [0, 0.1) is 5.92 Å². The van der Waals surface area contributed by atoms with Gasteiger partial charge < -0.3 is 16.0 Å². The fraction of sp³-hybridized carbons (Fsp3) is 0.500. The molecule has 21 heavy (non-hydrogen) atoms. The van der Waals surface area contributed by atoms with Crippen LogP contribution in [0.4, 0.5) is 5.69 Å². The smallest absolute Gasteiger partial charge is 0.225 e. The summed E-state index contributed by atoms with van der Waals surface area (Å²) in [5, 5.41) is 2.89. The number of hydrogen-bond donors (Lipinski definition) is 2. The lowest BCUT2D eigenvalue weighted by molar-refractivity contribution is -0.116. The average molecular weight is 307 g/mol. The van der Waals surface area contributed by atoms with E-state index in [-0.39, 0.29) is 5.91 Å². The summed E-state index contributed by atoms with van der Waals surface area (Å²) in [4.78, 5) is 14.6. The molecule has 1 aromatic carbocycles. The molecule has 0 atom stereocenters. The molecule has 1 aromatic rings. The lowest BCUT2D eigenvalue weighted by atomic mass is 10.1. The van der Waals surface area contributed by atoms with Crippen LogP contribution in [-0.4, -0.2) is 35.4 Å². The Labute approximate surface area is 132 Å². The Morgan fingerprint density at radius 3 is 2.62 bits per heavy atom. The van der Waals surface area contributed by atoms with E-state index in [0.717, 1.165) is 19.6 Å². The molecule has 0 heterocycles. The van der Waals surface area contributed by atoms with Crippen molar-refractivity contribution in [1.82, 2.24) is 4.90 Å². The third-order valence-corrected chi connectivity index (χ3v) is 3.41. The van der Waals surface area contributed by atoms with E-state index in [1.165, 1.54) is 0 Å². The number of carbonyl (C=O) groups excluding carboxylic acids is 1. The molecule has 5 heteroatoms. The molecular formula is C16H25N3OS. The van der Waals surface area contributed by atoms with E-state index in [9.17, 15) is 4.79 Å². The Kier molecular flexibility index (Phi) is 7.32. The highest BCUT2D eigenvalue weighted by Gasteiger charge is 2.11. The molecule has 0 saturated carbocycles. The predicted molar refractivity (Wildman–Crippen MR) is 92.5 cm³/mol. The Balaban J connectivity index is 2.56. The number of benzene rings is 1. The molecule has 0 bridgehead atoms. The average Bonchev–Trinajstić information content (AvgIpc) is 2.43. The van der Waals surface area contributed by atoms with Gasteiger partial charge in [0.1, 0.15) is 4.99 Å². The van der Waals surface area contributed by atoms with Crippen molar-refractivity contribution in [3.63, 3.8) is 0 Å². The molecule has 0 radical (unpaired) electrons. The first-order valence-corrected chi connectivity index (χ1v) is 7.75. The van der Waals surface area contributed by atoms with Gasteiger partial charge in [-0.1, -0.05) is 45.1 Å². The largest absolute Gasteiger partial charge is 0.389 e. The number of amides is 1. The Morgan fingerprint density at radius 2 is 2.05 bits per heavy atom. The first-order valence-electron chi connectivity index (χ1n) is 7.35.